The molecule has 1 aromatic carbocycles. The first-order valence-corrected chi connectivity index (χ1v) is 5.63. The Kier molecular flexibility index (Phi) is 3.71. The average molecular weight is 274 g/mol. The van der Waals surface area contributed by atoms with Crippen LogP contribution in [0.2, 0.25) is 0 Å². The highest BCUT2D eigenvalue weighted by Gasteiger charge is 2.38. The number of benzene rings is 1. The first kappa shape index (κ1) is 14.2. The zero-order valence-electron chi connectivity index (χ0n) is 8.83. The molecule has 0 nitrogen and oxygen atoms in total. The van der Waals surface area contributed by atoms with Gasteiger partial charge in [-0.1, -0.05) is 0 Å². The summed E-state index contributed by atoms with van der Waals surface area (Å²) in [5.41, 5.74) is -2.45. The number of thioether (sulfide) groups is 1. The van der Waals surface area contributed by atoms with Crippen molar-refractivity contribution in [1.29, 1.82) is 0 Å². The van der Waals surface area contributed by atoms with Crippen molar-refractivity contribution in [2.75, 3.05) is 6.26 Å². The van der Waals surface area contributed by atoms with Gasteiger partial charge in [-0.3, -0.25) is 0 Å². The summed E-state index contributed by atoms with van der Waals surface area (Å²) >= 11 is 0.659. The molecule has 0 aliphatic carbocycles. The zero-order chi connectivity index (χ0) is 13.4. The summed E-state index contributed by atoms with van der Waals surface area (Å²) in [5, 5.41) is 0. The lowest BCUT2D eigenvalue weighted by molar-refractivity contribution is -0.143. The minimum absolute atomic E-state index is 0.382. The molecule has 0 heterocycles. The molecule has 0 saturated carbocycles. The number of alkyl halides is 6. The normalized spacial score (nSPS) is 12.9. The Hall–Kier alpha value is -0.850. The first-order valence-electron chi connectivity index (χ1n) is 4.41. The zero-order valence-corrected chi connectivity index (χ0v) is 9.65. The van der Waals surface area contributed by atoms with Crippen LogP contribution < -0.4 is 0 Å². The lowest BCUT2D eigenvalue weighted by atomic mass is 10.0. The number of halogens is 6. The predicted molar refractivity (Wildman–Crippen MR) is 53.0 cm³/mol. The largest absolute Gasteiger partial charge is 0.417 e. The van der Waals surface area contributed by atoms with Crippen LogP contribution in [0.25, 0.3) is 0 Å². The maximum absolute atomic E-state index is 12.5. The SMILES string of the molecule is CSc1c(C(F)(F)F)ccc(C(F)(F)F)c1C. The van der Waals surface area contributed by atoms with Gasteiger partial charge in [0.15, 0.2) is 0 Å². The molecule has 1 rings (SSSR count). The van der Waals surface area contributed by atoms with Crippen molar-refractivity contribution in [2.24, 2.45) is 0 Å². The standard InChI is InChI=1S/C10H8F6S/c1-5-6(9(11,12)13)3-4-7(8(5)17-2)10(14,15)16/h3-4H,1-2H3. The van der Waals surface area contributed by atoms with Gasteiger partial charge in [0.25, 0.3) is 0 Å². The highest BCUT2D eigenvalue weighted by Crippen LogP contribution is 2.42. The minimum atomic E-state index is -4.65. The van der Waals surface area contributed by atoms with E-state index in [1.165, 1.54) is 6.26 Å². The second-order valence-electron chi connectivity index (χ2n) is 3.31. The Labute approximate surface area is 98.0 Å². The maximum Gasteiger partial charge on any atom is 0.417 e. The number of hydrogen-bond donors (Lipinski definition) is 0. The lowest BCUT2D eigenvalue weighted by Crippen LogP contribution is -2.13. The lowest BCUT2D eigenvalue weighted by Gasteiger charge is -2.18. The number of hydrogen-bond acceptors (Lipinski definition) is 1. The van der Waals surface area contributed by atoms with E-state index in [1.807, 2.05) is 0 Å². The quantitative estimate of drug-likeness (QED) is 0.526. The predicted octanol–water partition coefficient (Wildman–Crippen LogP) is 4.75. The van der Waals surface area contributed by atoms with Gasteiger partial charge < -0.3 is 0 Å². The van der Waals surface area contributed by atoms with Crippen LogP contribution in [0.3, 0.4) is 0 Å². The van der Waals surface area contributed by atoms with Crippen LogP contribution >= 0.6 is 11.8 Å². The van der Waals surface area contributed by atoms with E-state index in [0.717, 1.165) is 6.92 Å². The summed E-state index contributed by atoms with van der Waals surface area (Å²) in [7, 11) is 0. The summed E-state index contributed by atoms with van der Waals surface area (Å²) < 4.78 is 75.2. The van der Waals surface area contributed by atoms with Crippen LogP contribution in [0.4, 0.5) is 26.3 Å². The van der Waals surface area contributed by atoms with Crippen molar-refractivity contribution >= 4 is 11.8 Å². The van der Waals surface area contributed by atoms with Crippen molar-refractivity contribution < 1.29 is 26.3 Å². The van der Waals surface area contributed by atoms with Crippen molar-refractivity contribution in [2.45, 2.75) is 24.2 Å². The van der Waals surface area contributed by atoms with E-state index in [2.05, 4.69) is 0 Å². The topological polar surface area (TPSA) is 0 Å². The van der Waals surface area contributed by atoms with Gasteiger partial charge in [0.1, 0.15) is 0 Å². The molecule has 17 heavy (non-hydrogen) atoms. The van der Waals surface area contributed by atoms with E-state index >= 15 is 0 Å². The molecule has 96 valence electrons. The molecule has 0 saturated heterocycles. The molecule has 0 amide bonds. The Morgan fingerprint density at radius 2 is 1.29 bits per heavy atom. The highest BCUT2D eigenvalue weighted by molar-refractivity contribution is 7.98. The molecule has 7 heteroatoms. The fraction of sp³-hybridized carbons (Fsp3) is 0.400. The van der Waals surface area contributed by atoms with Crippen molar-refractivity contribution in [3.05, 3.63) is 28.8 Å². The second kappa shape index (κ2) is 4.44. The van der Waals surface area contributed by atoms with Crippen molar-refractivity contribution in [3.63, 3.8) is 0 Å². The van der Waals surface area contributed by atoms with Crippen molar-refractivity contribution in [3.8, 4) is 0 Å². The van der Waals surface area contributed by atoms with Gasteiger partial charge in [-0.25, -0.2) is 0 Å². The van der Waals surface area contributed by atoms with E-state index in [0.29, 0.717) is 23.9 Å². The molecular weight excluding hydrogens is 266 g/mol. The summed E-state index contributed by atoms with van der Waals surface area (Å²) in [4.78, 5) is -0.382. The Bertz CT molecular complexity index is 418. The molecular formula is C10H8F6S. The van der Waals surface area contributed by atoms with Crippen LogP contribution in [0.1, 0.15) is 16.7 Å². The maximum atomic E-state index is 12.5. The summed E-state index contributed by atoms with van der Waals surface area (Å²) in [6, 6.07) is 0.944. The highest BCUT2D eigenvalue weighted by atomic mass is 32.2. The smallest absolute Gasteiger partial charge is 0.166 e. The molecule has 0 N–H and O–H groups in total. The van der Waals surface area contributed by atoms with Gasteiger partial charge in [-0.05, 0) is 30.9 Å². The van der Waals surface area contributed by atoms with Crippen LogP contribution in [0.15, 0.2) is 17.0 Å². The van der Waals surface area contributed by atoms with E-state index in [4.69, 9.17) is 0 Å². The third-order valence-corrected chi connectivity index (χ3v) is 3.16. The van der Waals surface area contributed by atoms with E-state index in [9.17, 15) is 26.3 Å². The summed E-state index contributed by atoms with van der Waals surface area (Å²) in [6.07, 6.45) is -7.97. The Morgan fingerprint density at radius 3 is 1.65 bits per heavy atom. The monoisotopic (exact) mass is 274 g/mol. The molecule has 0 aliphatic rings. The van der Waals surface area contributed by atoms with Gasteiger partial charge in [0.05, 0.1) is 11.1 Å². The molecule has 0 aromatic heterocycles. The first-order chi connectivity index (χ1) is 7.59. The fourth-order valence-electron chi connectivity index (χ4n) is 1.49. The van der Waals surface area contributed by atoms with Crippen LogP contribution in [0.5, 0.6) is 0 Å². The Balaban J connectivity index is 3.49. The van der Waals surface area contributed by atoms with E-state index < -0.39 is 23.5 Å². The molecule has 1 aromatic rings. The van der Waals surface area contributed by atoms with E-state index in [1.54, 1.807) is 0 Å². The summed E-state index contributed by atoms with van der Waals surface area (Å²) in [5.74, 6) is 0. The van der Waals surface area contributed by atoms with Crippen molar-refractivity contribution in [1.82, 2.24) is 0 Å². The average Bonchev–Trinajstić information content (AvgIpc) is 2.13. The Morgan fingerprint density at radius 1 is 0.882 bits per heavy atom. The number of rotatable bonds is 1. The third kappa shape index (κ3) is 2.88. The molecule has 0 atom stereocenters. The molecule has 0 radical (unpaired) electrons. The second-order valence-corrected chi connectivity index (χ2v) is 4.13. The molecule has 0 unspecified atom stereocenters. The van der Waals surface area contributed by atoms with Crippen LogP contribution in [-0.2, 0) is 12.4 Å². The molecule has 0 fully saturated rings. The van der Waals surface area contributed by atoms with E-state index in [-0.39, 0.29) is 10.5 Å². The van der Waals surface area contributed by atoms with Gasteiger partial charge >= 0.3 is 12.4 Å². The third-order valence-electron chi connectivity index (χ3n) is 2.22. The molecule has 0 aliphatic heterocycles. The van der Waals surface area contributed by atoms with Crippen LogP contribution in [0, 0.1) is 6.92 Å². The minimum Gasteiger partial charge on any atom is -0.166 e. The summed E-state index contributed by atoms with van der Waals surface area (Å²) in [6.45, 7) is 1.05. The van der Waals surface area contributed by atoms with Gasteiger partial charge in [-0.15, -0.1) is 11.8 Å². The molecule has 0 spiro atoms. The fourth-order valence-corrected chi connectivity index (χ4v) is 2.30. The molecule has 0 bridgehead atoms. The van der Waals surface area contributed by atoms with Gasteiger partial charge in [0, 0.05) is 4.90 Å². The van der Waals surface area contributed by atoms with Gasteiger partial charge in [-0.2, -0.15) is 26.3 Å². The van der Waals surface area contributed by atoms with Crippen LogP contribution in [-0.4, -0.2) is 6.26 Å². The van der Waals surface area contributed by atoms with Gasteiger partial charge in [0.2, 0.25) is 0 Å².